The van der Waals surface area contributed by atoms with Crippen LogP contribution >= 0.6 is 0 Å². The molecule has 2 aromatic rings. The van der Waals surface area contributed by atoms with Gasteiger partial charge in [-0.05, 0) is 38.4 Å². The van der Waals surface area contributed by atoms with Crippen molar-refractivity contribution in [2.45, 2.75) is 27.2 Å². The van der Waals surface area contributed by atoms with Gasteiger partial charge >= 0.3 is 0 Å². The van der Waals surface area contributed by atoms with Crippen LogP contribution in [0.4, 0.5) is 0 Å². The Labute approximate surface area is 102 Å². The van der Waals surface area contributed by atoms with Gasteiger partial charge in [0.25, 0.3) is 0 Å². The third kappa shape index (κ3) is 2.24. The molecule has 3 N–H and O–H groups in total. The fourth-order valence-electron chi connectivity index (χ4n) is 2.16. The van der Waals surface area contributed by atoms with Crippen LogP contribution in [0.25, 0.3) is 11.3 Å². The highest BCUT2D eigenvalue weighted by Gasteiger charge is 2.12. The van der Waals surface area contributed by atoms with E-state index in [1.165, 1.54) is 22.3 Å². The van der Waals surface area contributed by atoms with Gasteiger partial charge < -0.3 is 5.73 Å². The Bertz CT molecular complexity index is 526. The Balaban J connectivity index is 2.46. The smallest absolute Gasteiger partial charge is 0.0955 e. The Kier molecular flexibility index (Phi) is 3.29. The van der Waals surface area contributed by atoms with Gasteiger partial charge in [0.1, 0.15) is 0 Å². The normalized spacial score (nSPS) is 10.8. The molecule has 0 aliphatic rings. The Morgan fingerprint density at radius 1 is 1.24 bits per heavy atom. The fraction of sp³-hybridized carbons (Fsp3) is 0.357. The van der Waals surface area contributed by atoms with Gasteiger partial charge in [-0.1, -0.05) is 23.8 Å². The quantitative estimate of drug-likeness (QED) is 0.849. The number of hydrogen-bond donors (Lipinski definition) is 2. The fourth-order valence-corrected chi connectivity index (χ4v) is 2.16. The van der Waals surface area contributed by atoms with Crippen LogP contribution in [0.1, 0.15) is 22.4 Å². The van der Waals surface area contributed by atoms with Crippen LogP contribution in [0.15, 0.2) is 18.2 Å². The third-order valence-electron chi connectivity index (χ3n) is 3.14. The zero-order valence-corrected chi connectivity index (χ0v) is 10.7. The first-order valence-corrected chi connectivity index (χ1v) is 5.95. The highest BCUT2D eigenvalue weighted by Crippen LogP contribution is 2.26. The highest BCUT2D eigenvalue weighted by atomic mass is 15.1. The summed E-state index contributed by atoms with van der Waals surface area (Å²) < 4.78 is 0. The number of aromatic nitrogens is 2. The maximum absolute atomic E-state index is 5.58. The molecule has 2 rings (SSSR count). The minimum absolute atomic E-state index is 0.648. The Morgan fingerprint density at radius 2 is 2.00 bits per heavy atom. The molecule has 90 valence electrons. The molecule has 17 heavy (non-hydrogen) atoms. The van der Waals surface area contributed by atoms with E-state index in [0.717, 1.165) is 17.8 Å². The molecule has 0 fully saturated rings. The summed E-state index contributed by atoms with van der Waals surface area (Å²) in [6.45, 7) is 6.98. The molecular weight excluding hydrogens is 210 g/mol. The SMILES string of the molecule is Cc1ccc(-c2n[nH]c(CCN)c2C)c(C)c1. The zero-order valence-electron chi connectivity index (χ0n) is 10.7. The summed E-state index contributed by atoms with van der Waals surface area (Å²) in [5.41, 5.74) is 12.7. The van der Waals surface area contributed by atoms with Crippen molar-refractivity contribution in [3.8, 4) is 11.3 Å². The molecular formula is C14H19N3. The largest absolute Gasteiger partial charge is 0.330 e. The molecule has 1 aromatic carbocycles. The molecule has 0 spiro atoms. The summed E-state index contributed by atoms with van der Waals surface area (Å²) in [5, 5.41) is 7.50. The lowest BCUT2D eigenvalue weighted by atomic mass is 10.00. The molecule has 3 heteroatoms. The summed E-state index contributed by atoms with van der Waals surface area (Å²) in [7, 11) is 0. The second-order valence-corrected chi connectivity index (χ2v) is 4.53. The molecule has 0 bridgehead atoms. The molecule has 1 aromatic heterocycles. The van der Waals surface area contributed by atoms with Gasteiger partial charge in [0.15, 0.2) is 0 Å². The van der Waals surface area contributed by atoms with Crippen LogP contribution in [-0.2, 0) is 6.42 Å². The van der Waals surface area contributed by atoms with Crippen molar-refractivity contribution in [1.82, 2.24) is 10.2 Å². The average molecular weight is 229 g/mol. The number of hydrogen-bond acceptors (Lipinski definition) is 2. The van der Waals surface area contributed by atoms with Gasteiger partial charge in [-0.3, -0.25) is 5.10 Å². The lowest BCUT2D eigenvalue weighted by Crippen LogP contribution is -2.03. The van der Waals surface area contributed by atoms with Crippen LogP contribution in [0.3, 0.4) is 0 Å². The van der Waals surface area contributed by atoms with E-state index in [4.69, 9.17) is 5.73 Å². The van der Waals surface area contributed by atoms with Crippen LogP contribution in [0.2, 0.25) is 0 Å². The van der Waals surface area contributed by atoms with Crippen molar-refractivity contribution in [3.05, 3.63) is 40.6 Å². The standard InChI is InChI=1S/C14H19N3/c1-9-4-5-12(10(2)8-9)14-11(3)13(6-7-15)16-17-14/h4-5,8H,6-7,15H2,1-3H3,(H,16,17). The van der Waals surface area contributed by atoms with E-state index in [9.17, 15) is 0 Å². The topological polar surface area (TPSA) is 54.7 Å². The van der Waals surface area contributed by atoms with Crippen molar-refractivity contribution in [3.63, 3.8) is 0 Å². The van der Waals surface area contributed by atoms with Gasteiger partial charge in [-0.2, -0.15) is 5.10 Å². The maximum Gasteiger partial charge on any atom is 0.0955 e. The molecule has 1 heterocycles. The number of nitrogens with one attached hydrogen (secondary N) is 1. The summed E-state index contributed by atoms with van der Waals surface area (Å²) in [6.07, 6.45) is 0.851. The van der Waals surface area contributed by atoms with Gasteiger partial charge in [-0.25, -0.2) is 0 Å². The van der Waals surface area contributed by atoms with Gasteiger partial charge in [-0.15, -0.1) is 0 Å². The molecule has 0 atom stereocenters. The zero-order chi connectivity index (χ0) is 12.4. The number of benzene rings is 1. The summed E-state index contributed by atoms with van der Waals surface area (Å²) in [6, 6.07) is 6.45. The number of H-pyrrole nitrogens is 1. The van der Waals surface area contributed by atoms with Crippen molar-refractivity contribution in [2.24, 2.45) is 5.73 Å². The highest BCUT2D eigenvalue weighted by molar-refractivity contribution is 5.67. The second-order valence-electron chi connectivity index (χ2n) is 4.53. The summed E-state index contributed by atoms with van der Waals surface area (Å²) in [5.74, 6) is 0. The van der Waals surface area contributed by atoms with Crippen molar-refractivity contribution < 1.29 is 0 Å². The number of nitrogens with zero attached hydrogens (tertiary/aromatic N) is 1. The number of aromatic amines is 1. The van der Waals surface area contributed by atoms with E-state index in [1.54, 1.807) is 0 Å². The van der Waals surface area contributed by atoms with Crippen LogP contribution in [0, 0.1) is 20.8 Å². The van der Waals surface area contributed by atoms with Crippen LogP contribution < -0.4 is 5.73 Å². The van der Waals surface area contributed by atoms with E-state index < -0.39 is 0 Å². The van der Waals surface area contributed by atoms with Crippen molar-refractivity contribution in [1.29, 1.82) is 0 Å². The first-order valence-electron chi connectivity index (χ1n) is 5.95. The number of nitrogens with two attached hydrogens (primary N) is 1. The molecule has 0 saturated heterocycles. The third-order valence-corrected chi connectivity index (χ3v) is 3.14. The summed E-state index contributed by atoms with van der Waals surface area (Å²) >= 11 is 0. The molecule has 0 amide bonds. The minimum Gasteiger partial charge on any atom is -0.330 e. The monoisotopic (exact) mass is 229 g/mol. The van der Waals surface area contributed by atoms with Crippen molar-refractivity contribution in [2.75, 3.05) is 6.54 Å². The molecule has 0 saturated carbocycles. The van der Waals surface area contributed by atoms with E-state index in [2.05, 4.69) is 49.2 Å². The molecule has 0 radical (unpaired) electrons. The molecule has 0 aliphatic carbocycles. The summed E-state index contributed by atoms with van der Waals surface area (Å²) in [4.78, 5) is 0. The predicted molar refractivity (Wildman–Crippen MR) is 71.0 cm³/mol. The molecule has 0 aliphatic heterocycles. The average Bonchev–Trinajstić information content (AvgIpc) is 2.62. The Hall–Kier alpha value is -1.61. The second kappa shape index (κ2) is 4.72. The number of aryl methyl sites for hydroxylation is 2. The van der Waals surface area contributed by atoms with Gasteiger partial charge in [0, 0.05) is 17.7 Å². The van der Waals surface area contributed by atoms with E-state index in [0.29, 0.717) is 6.54 Å². The lowest BCUT2D eigenvalue weighted by molar-refractivity contribution is 0.896. The van der Waals surface area contributed by atoms with E-state index in [-0.39, 0.29) is 0 Å². The first kappa shape index (κ1) is 11.9. The molecule has 3 nitrogen and oxygen atoms in total. The minimum atomic E-state index is 0.648. The number of rotatable bonds is 3. The van der Waals surface area contributed by atoms with E-state index in [1.807, 2.05) is 0 Å². The molecule has 0 unspecified atom stereocenters. The van der Waals surface area contributed by atoms with E-state index >= 15 is 0 Å². The predicted octanol–water partition coefficient (Wildman–Crippen LogP) is 2.50. The maximum atomic E-state index is 5.58. The van der Waals surface area contributed by atoms with Gasteiger partial charge in [0.05, 0.1) is 5.69 Å². The van der Waals surface area contributed by atoms with Crippen LogP contribution in [0.5, 0.6) is 0 Å². The van der Waals surface area contributed by atoms with Crippen molar-refractivity contribution >= 4 is 0 Å². The van der Waals surface area contributed by atoms with Gasteiger partial charge in [0.2, 0.25) is 0 Å². The van der Waals surface area contributed by atoms with Crippen LogP contribution in [-0.4, -0.2) is 16.7 Å². The first-order chi connectivity index (χ1) is 8.13. The lowest BCUT2D eigenvalue weighted by Gasteiger charge is -2.05. The Morgan fingerprint density at radius 3 is 2.65 bits per heavy atom.